The van der Waals surface area contributed by atoms with Crippen LogP contribution in [0.1, 0.15) is 171 Å². The molecule has 4 rings (SSSR count). The molecule has 1 spiro atoms. The highest BCUT2D eigenvalue weighted by Crippen LogP contribution is 3.09. The van der Waals surface area contributed by atoms with Crippen LogP contribution in [0, 0.1) is 0 Å². The Morgan fingerprint density at radius 2 is 0.610 bits per heavy atom. The topological polar surface area (TPSA) is 0 Å². The summed E-state index contributed by atoms with van der Waals surface area (Å²) >= 11 is 0. The van der Waals surface area contributed by atoms with Gasteiger partial charge in [-0.3, -0.25) is 0 Å². The fraction of sp³-hybridized carbons (Fsp3) is 0.692. The van der Waals surface area contributed by atoms with Gasteiger partial charge in [-0.15, -0.1) is 0 Å². The first-order valence-electron chi connectivity index (χ1n) is 16.1. The molecule has 1 aliphatic carbocycles. The van der Waals surface area contributed by atoms with Crippen LogP contribution in [-0.2, 0) is 32.5 Å². The molecule has 1 saturated heterocycles. The van der Waals surface area contributed by atoms with Crippen molar-refractivity contribution in [2.24, 2.45) is 0 Å². The van der Waals surface area contributed by atoms with Crippen LogP contribution >= 0.6 is 15.2 Å². The molecule has 2 atom stereocenters. The van der Waals surface area contributed by atoms with Gasteiger partial charge in [0.2, 0.25) is 0 Å². The van der Waals surface area contributed by atoms with E-state index in [1.54, 1.807) is 32.9 Å². The van der Waals surface area contributed by atoms with Gasteiger partial charge in [-0.2, -0.15) is 0 Å². The zero-order valence-corrected chi connectivity index (χ0v) is 31.9. The smallest absolute Gasteiger partial charge is 0.0271 e. The molecule has 1 saturated carbocycles. The summed E-state index contributed by atoms with van der Waals surface area (Å²) in [6.07, 6.45) is 2.85. The van der Waals surface area contributed by atoms with Crippen LogP contribution < -0.4 is 10.6 Å². The average Bonchev–Trinajstić information content (AvgIpc) is 3.65. The molecule has 0 bridgehead atoms. The maximum atomic E-state index is 2.63. The van der Waals surface area contributed by atoms with Crippen molar-refractivity contribution in [2.45, 2.75) is 175 Å². The molecule has 2 fully saturated rings. The zero-order valence-electron chi connectivity index (χ0n) is 30.1. The standard InChI is InChI=1S/C39H62P2/c1-33(2,3)25-21-27(35(7,8)9)31(28(22-25)36(10,11)12)40-39(19-20-39)41(40)32-29(37(13,14)15)23-26(34(4,5)6)24-30(32)38(16,17)18/h21-24H,19-20H2,1-18H3. The Bertz CT molecular complexity index is 1160. The molecule has 41 heavy (non-hydrogen) atoms. The van der Waals surface area contributed by atoms with Gasteiger partial charge in [0.25, 0.3) is 0 Å². The van der Waals surface area contributed by atoms with Crippen LogP contribution in [0.15, 0.2) is 24.3 Å². The van der Waals surface area contributed by atoms with Crippen LogP contribution in [0.3, 0.4) is 0 Å². The van der Waals surface area contributed by atoms with E-state index in [-0.39, 0.29) is 47.7 Å². The summed E-state index contributed by atoms with van der Waals surface area (Å²) in [5, 5.41) is 3.58. The highest BCUT2D eigenvalue weighted by Gasteiger charge is 2.74. The molecule has 2 heteroatoms. The first-order valence-corrected chi connectivity index (χ1v) is 19.5. The Labute approximate surface area is 257 Å². The van der Waals surface area contributed by atoms with Crippen molar-refractivity contribution in [3.05, 3.63) is 57.6 Å². The third-order valence-corrected chi connectivity index (χ3v) is 18.9. The van der Waals surface area contributed by atoms with Crippen molar-refractivity contribution in [3.8, 4) is 0 Å². The van der Waals surface area contributed by atoms with Gasteiger partial charge in [-0.05, 0) is 105 Å². The largest absolute Gasteiger partial charge is 0.0561 e. The molecule has 0 amide bonds. The molecule has 0 N–H and O–H groups in total. The normalized spacial score (nSPS) is 21.4. The molecule has 0 nitrogen and oxygen atoms in total. The Morgan fingerprint density at radius 1 is 0.390 bits per heavy atom. The Balaban J connectivity index is 2.10. The summed E-state index contributed by atoms with van der Waals surface area (Å²) < 4.78 is 0. The minimum Gasteiger partial charge on any atom is -0.0561 e. The van der Waals surface area contributed by atoms with Crippen molar-refractivity contribution >= 4 is 25.8 Å². The van der Waals surface area contributed by atoms with Crippen molar-refractivity contribution < 1.29 is 0 Å². The van der Waals surface area contributed by atoms with Gasteiger partial charge in [0.15, 0.2) is 0 Å². The van der Waals surface area contributed by atoms with E-state index in [1.165, 1.54) is 24.0 Å². The SMILES string of the molecule is CC(C)(C)c1cc(C(C)(C)C)c(P2P(c3c(C(C)(C)C)cc(C(C)(C)C)cc3C(C)(C)C)C23CC3)c(C(C)(C)C)c1. The summed E-state index contributed by atoms with van der Waals surface area (Å²) in [7, 11) is -0.471. The first-order chi connectivity index (χ1) is 18.1. The van der Waals surface area contributed by atoms with E-state index in [2.05, 4.69) is 149 Å². The summed E-state index contributed by atoms with van der Waals surface area (Å²) in [5.74, 6) is 0. The molecule has 2 aromatic rings. The van der Waals surface area contributed by atoms with Crippen LogP contribution in [0.5, 0.6) is 0 Å². The van der Waals surface area contributed by atoms with E-state index in [0.717, 1.165) is 0 Å². The zero-order chi connectivity index (χ0) is 31.5. The Kier molecular flexibility index (Phi) is 7.81. The minimum atomic E-state index is -0.235. The third kappa shape index (κ3) is 6.15. The van der Waals surface area contributed by atoms with Gasteiger partial charge in [0.1, 0.15) is 0 Å². The van der Waals surface area contributed by atoms with Crippen LogP contribution in [0.25, 0.3) is 0 Å². The van der Waals surface area contributed by atoms with Crippen molar-refractivity contribution in [1.82, 2.24) is 0 Å². The molecular weight excluding hydrogens is 530 g/mol. The van der Waals surface area contributed by atoms with Gasteiger partial charge in [-0.1, -0.05) is 149 Å². The van der Waals surface area contributed by atoms with Gasteiger partial charge in [0.05, 0.1) is 0 Å². The lowest BCUT2D eigenvalue weighted by Gasteiger charge is -2.35. The van der Waals surface area contributed by atoms with Crippen LogP contribution in [0.4, 0.5) is 0 Å². The van der Waals surface area contributed by atoms with E-state index in [9.17, 15) is 0 Å². The molecule has 1 aliphatic heterocycles. The number of hydrogen-bond acceptors (Lipinski definition) is 0. The highest BCUT2D eigenvalue weighted by molar-refractivity contribution is 8.53. The highest BCUT2D eigenvalue weighted by atomic mass is 32.1. The van der Waals surface area contributed by atoms with Crippen molar-refractivity contribution in [1.29, 1.82) is 0 Å². The number of benzene rings is 2. The van der Waals surface area contributed by atoms with Crippen molar-refractivity contribution in [2.75, 3.05) is 0 Å². The third-order valence-electron chi connectivity index (χ3n) is 9.25. The molecule has 228 valence electrons. The quantitative estimate of drug-likeness (QED) is 0.304. The van der Waals surface area contributed by atoms with Gasteiger partial charge in [0, 0.05) is 4.90 Å². The first kappa shape index (κ1) is 33.2. The van der Waals surface area contributed by atoms with Crippen molar-refractivity contribution in [3.63, 3.8) is 0 Å². The molecule has 2 aromatic carbocycles. The molecule has 1 heterocycles. The summed E-state index contributed by atoms with van der Waals surface area (Å²) in [6.45, 7) is 43.9. The van der Waals surface area contributed by atoms with E-state index < -0.39 is 0 Å². The molecule has 0 radical (unpaired) electrons. The predicted octanol–water partition coefficient (Wildman–Crippen LogP) is 11.8. The summed E-state index contributed by atoms with van der Waals surface area (Å²) in [5.41, 5.74) is 10.3. The fourth-order valence-corrected chi connectivity index (χ4v) is 18.5. The fourth-order valence-electron chi connectivity index (χ4n) is 6.31. The Morgan fingerprint density at radius 3 is 0.756 bits per heavy atom. The van der Waals surface area contributed by atoms with E-state index in [1.807, 2.05) is 0 Å². The lowest BCUT2D eigenvalue weighted by Crippen LogP contribution is -2.31. The Hall–Kier alpha value is -0.700. The molecular formula is C39H62P2. The number of rotatable bonds is 2. The maximum Gasteiger partial charge on any atom is 0.0271 e. The second-order valence-corrected chi connectivity index (χ2v) is 26.1. The lowest BCUT2D eigenvalue weighted by molar-refractivity contribution is 0.553. The maximum absolute atomic E-state index is 2.63. The minimum absolute atomic E-state index is 0.119. The summed E-state index contributed by atoms with van der Waals surface area (Å²) in [4.78, 5) is 0.553. The van der Waals surface area contributed by atoms with Gasteiger partial charge < -0.3 is 0 Å². The predicted molar refractivity (Wildman–Crippen MR) is 190 cm³/mol. The summed E-state index contributed by atoms with van der Waals surface area (Å²) in [6, 6.07) is 10.5. The van der Waals surface area contributed by atoms with Crippen LogP contribution in [-0.4, -0.2) is 4.90 Å². The lowest BCUT2D eigenvalue weighted by atomic mass is 9.75. The van der Waals surface area contributed by atoms with Crippen LogP contribution in [0.2, 0.25) is 0 Å². The molecule has 0 aromatic heterocycles. The second-order valence-electron chi connectivity index (χ2n) is 19.4. The number of hydrogen-bond donors (Lipinski definition) is 0. The second kappa shape index (κ2) is 9.65. The van der Waals surface area contributed by atoms with E-state index in [4.69, 9.17) is 0 Å². The van der Waals surface area contributed by atoms with E-state index in [0.29, 0.717) is 4.90 Å². The average molecular weight is 593 g/mol. The van der Waals surface area contributed by atoms with E-state index >= 15 is 0 Å². The van der Waals surface area contributed by atoms with Gasteiger partial charge >= 0.3 is 0 Å². The monoisotopic (exact) mass is 592 g/mol. The van der Waals surface area contributed by atoms with Gasteiger partial charge in [-0.25, -0.2) is 0 Å². The molecule has 2 unspecified atom stereocenters. The molecule has 2 aliphatic rings.